The van der Waals surface area contributed by atoms with Crippen molar-refractivity contribution in [1.82, 2.24) is 4.90 Å². The van der Waals surface area contributed by atoms with Crippen molar-refractivity contribution in [2.45, 2.75) is 58.7 Å². The van der Waals surface area contributed by atoms with Gasteiger partial charge in [0.05, 0.1) is 12.2 Å². The molecule has 4 nitrogen and oxygen atoms in total. The summed E-state index contributed by atoms with van der Waals surface area (Å²) < 4.78 is 31.6. The van der Waals surface area contributed by atoms with Gasteiger partial charge < -0.3 is 14.7 Å². The van der Waals surface area contributed by atoms with Crippen molar-refractivity contribution in [1.29, 1.82) is 0 Å². The highest BCUT2D eigenvalue weighted by Crippen LogP contribution is 2.51. The van der Waals surface area contributed by atoms with E-state index in [1.165, 1.54) is 18.7 Å². The highest BCUT2D eigenvalue weighted by Gasteiger charge is 2.57. The van der Waals surface area contributed by atoms with Gasteiger partial charge in [-0.2, -0.15) is 0 Å². The molecule has 2 fully saturated rings. The number of hydrogen-bond donors (Lipinski definition) is 1. The lowest BCUT2D eigenvalue weighted by molar-refractivity contribution is -0.211. The zero-order chi connectivity index (χ0) is 15.8. The fraction of sp³-hybridized carbons (Fsp3) is 0.933. The molecular weight excluding hydrogens is 280 g/mol. The molecule has 1 spiro atoms. The molecule has 1 saturated heterocycles. The van der Waals surface area contributed by atoms with Gasteiger partial charge in [0.1, 0.15) is 5.41 Å². The Bertz CT molecular complexity index is 390. The van der Waals surface area contributed by atoms with Crippen molar-refractivity contribution in [3.8, 4) is 0 Å². The first-order chi connectivity index (χ1) is 9.75. The molecule has 0 bridgehead atoms. The quantitative estimate of drug-likeness (QED) is 0.865. The lowest BCUT2D eigenvalue weighted by atomic mass is 9.58. The molecule has 1 heterocycles. The summed E-state index contributed by atoms with van der Waals surface area (Å²) in [7, 11) is 0. The molecule has 0 aromatic carbocycles. The number of likely N-dealkylation sites (tertiary alicyclic amines) is 1. The van der Waals surface area contributed by atoms with E-state index in [0.717, 1.165) is 0 Å². The van der Waals surface area contributed by atoms with Gasteiger partial charge in [-0.15, -0.1) is 0 Å². The number of rotatable bonds is 4. The molecule has 1 N–H and O–H groups in total. The van der Waals surface area contributed by atoms with Crippen molar-refractivity contribution in [2.75, 3.05) is 19.7 Å². The Morgan fingerprint density at radius 1 is 1.43 bits per heavy atom. The molecule has 0 radical (unpaired) electrons. The van der Waals surface area contributed by atoms with Gasteiger partial charge in [0, 0.05) is 31.5 Å². The van der Waals surface area contributed by atoms with Crippen LogP contribution in [0.1, 0.15) is 40.0 Å². The third-order valence-electron chi connectivity index (χ3n) is 5.19. The number of aliphatic hydroxyl groups is 1. The maximum atomic E-state index is 13.0. The number of carbonyl (C=O) groups excluding carboxylic acids is 1. The minimum atomic E-state index is -2.67. The average molecular weight is 305 g/mol. The molecule has 1 aliphatic heterocycles. The standard InChI is InChI=1S/C15H25F2NO3/c1-4-21-11-9-10(19)15(11)5-7-18(8-6-15)13(20)14(2,3)12(16)17/h10-12,19H,4-9H2,1-3H3/t10-,11-/m1/s1. The van der Waals surface area contributed by atoms with Gasteiger partial charge in [-0.3, -0.25) is 4.79 Å². The van der Waals surface area contributed by atoms with Crippen LogP contribution in [0.25, 0.3) is 0 Å². The highest BCUT2D eigenvalue weighted by molar-refractivity contribution is 5.82. The Morgan fingerprint density at radius 3 is 2.43 bits per heavy atom. The summed E-state index contributed by atoms with van der Waals surface area (Å²) in [5, 5.41) is 10.1. The second-order valence-electron chi connectivity index (χ2n) is 6.74. The summed E-state index contributed by atoms with van der Waals surface area (Å²) in [4.78, 5) is 13.7. The van der Waals surface area contributed by atoms with E-state index in [1.54, 1.807) is 0 Å². The summed E-state index contributed by atoms with van der Waals surface area (Å²) in [5.41, 5.74) is -1.94. The molecular formula is C15H25F2NO3. The van der Waals surface area contributed by atoms with Crippen LogP contribution in [0.3, 0.4) is 0 Å². The van der Waals surface area contributed by atoms with E-state index in [4.69, 9.17) is 4.74 Å². The molecule has 2 aliphatic rings. The van der Waals surface area contributed by atoms with E-state index in [2.05, 4.69) is 0 Å². The van der Waals surface area contributed by atoms with E-state index in [1.807, 2.05) is 6.92 Å². The fourth-order valence-electron chi connectivity index (χ4n) is 3.44. The van der Waals surface area contributed by atoms with E-state index in [0.29, 0.717) is 39.0 Å². The van der Waals surface area contributed by atoms with E-state index in [-0.39, 0.29) is 11.5 Å². The molecule has 21 heavy (non-hydrogen) atoms. The number of piperidine rings is 1. The van der Waals surface area contributed by atoms with Gasteiger partial charge in [0.2, 0.25) is 5.91 Å². The summed E-state index contributed by atoms with van der Waals surface area (Å²) >= 11 is 0. The SMILES string of the molecule is CCO[C@@H]1C[C@@H](O)C12CCN(C(=O)C(C)(C)C(F)F)CC2. The molecule has 1 saturated carbocycles. The third kappa shape index (κ3) is 2.68. The Hall–Kier alpha value is -0.750. The van der Waals surface area contributed by atoms with Gasteiger partial charge in [0.15, 0.2) is 0 Å². The molecule has 1 aliphatic carbocycles. The normalized spacial score (nSPS) is 28.8. The number of hydrogen-bond acceptors (Lipinski definition) is 3. The van der Waals surface area contributed by atoms with Gasteiger partial charge in [-0.05, 0) is 33.6 Å². The van der Waals surface area contributed by atoms with Crippen LogP contribution >= 0.6 is 0 Å². The van der Waals surface area contributed by atoms with Gasteiger partial charge in [-0.1, -0.05) is 0 Å². The number of ether oxygens (including phenoxy) is 1. The summed E-state index contributed by atoms with van der Waals surface area (Å²) in [6, 6.07) is 0. The predicted molar refractivity (Wildman–Crippen MR) is 74.1 cm³/mol. The third-order valence-corrected chi connectivity index (χ3v) is 5.19. The van der Waals surface area contributed by atoms with Crippen LogP contribution in [0.4, 0.5) is 8.78 Å². The van der Waals surface area contributed by atoms with Crippen molar-refractivity contribution in [3.63, 3.8) is 0 Å². The number of aliphatic hydroxyl groups excluding tert-OH is 1. The predicted octanol–water partition coefficient (Wildman–Crippen LogP) is 2.06. The van der Waals surface area contributed by atoms with E-state index < -0.39 is 23.9 Å². The first kappa shape index (κ1) is 16.6. The number of nitrogens with zero attached hydrogens (tertiary/aromatic N) is 1. The summed E-state index contributed by atoms with van der Waals surface area (Å²) in [6.45, 7) is 5.91. The van der Waals surface area contributed by atoms with Gasteiger partial charge in [0.25, 0.3) is 6.43 Å². The second kappa shape index (κ2) is 5.80. The maximum Gasteiger partial charge on any atom is 0.252 e. The molecule has 0 aromatic heterocycles. The van der Waals surface area contributed by atoms with Crippen LogP contribution in [-0.2, 0) is 9.53 Å². The van der Waals surface area contributed by atoms with Crippen LogP contribution in [0.15, 0.2) is 0 Å². The molecule has 2 rings (SSSR count). The lowest BCUT2D eigenvalue weighted by Crippen LogP contribution is -2.63. The Kier molecular flexibility index (Phi) is 4.59. The topological polar surface area (TPSA) is 49.8 Å². The van der Waals surface area contributed by atoms with Gasteiger partial charge in [-0.25, -0.2) is 8.78 Å². The van der Waals surface area contributed by atoms with Crippen LogP contribution in [0, 0.1) is 10.8 Å². The Balaban J connectivity index is 1.99. The lowest BCUT2D eigenvalue weighted by Gasteiger charge is -2.57. The first-order valence-corrected chi connectivity index (χ1v) is 7.63. The largest absolute Gasteiger partial charge is 0.392 e. The number of carbonyl (C=O) groups is 1. The average Bonchev–Trinajstić information content (AvgIpc) is 2.46. The van der Waals surface area contributed by atoms with E-state index in [9.17, 15) is 18.7 Å². The zero-order valence-corrected chi connectivity index (χ0v) is 12.9. The van der Waals surface area contributed by atoms with E-state index >= 15 is 0 Å². The smallest absolute Gasteiger partial charge is 0.252 e. The van der Waals surface area contributed by atoms with Crippen molar-refractivity contribution in [2.24, 2.45) is 10.8 Å². The maximum absolute atomic E-state index is 13.0. The minimum absolute atomic E-state index is 0.0258. The molecule has 1 amide bonds. The molecule has 2 atom stereocenters. The van der Waals surface area contributed by atoms with Crippen LogP contribution < -0.4 is 0 Å². The van der Waals surface area contributed by atoms with Crippen LogP contribution in [-0.4, -0.2) is 54.2 Å². The monoisotopic (exact) mass is 305 g/mol. The molecule has 122 valence electrons. The van der Waals surface area contributed by atoms with Crippen LogP contribution in [0.5, 0.6) is 0 Å². The zero-order valence-electron chi connectivity index (χ0n) is 12.9. The second-order valence-corrected chi connectivity index (χ2v) is 6.74. The molecule has 6 heteroatoms. The van der Waals surface area contributed by atoms with Crippen molar-refractivity contribution in [3.05, 3.63) is 0 Å². The van der Waals surface area contributed by atoms with Crippen molar-refractivity contribution < 1.29 is 23.4 Å². The fourth-order valence-corrected chi connectivity index (χ4v) is 3.44. The molecule has 0 aromatic rings. The van der Waals surface area contributed by atoms with Crippen LogP contribution in [0.2, 0.25) is 0 Å². The first-order valence-electron chi connectivity index (χ1n) is 7.63. The number of halogens is 2. The van der Waals surface area contributed by atoms with Gasteiger partial charge >= 0.3 is 0 Å². The van der Waals surface area contributed by atoms with Crippen molar-refractivity contribution >= 4 is 5.91 Å². The Labute approximate surface area is 124 Å². The summed E-state index contributed by atoms with van der Waals surface area (Å²) in [5.74, 6) is -0.505. The minimum Gasteiger partial charge on any atom is -0.392 e. The summed E-state index contributed by atoms with van der Waals surface area (Å²) in [6.07, 6.45) is -1.20. The highest BCUT2D eigenvalue weighted by atomic mass is 19.3. The Morgan fingerprint density at radius 2 is 2.00 bits per heavy atom. The molecule has 0 unspecified atom stereocenters. The number of alkyl halides is 2. The number of amides is 1.